The van der Waals surface area contributed by atoms with Gasteiger partial charge in [-0.25, -0.2) is 5.48 Å². The van der Waals surface area contributed by atoms with Gasteiger partial charge in [0, 0.05) is 11.6 Å². The van der Waals surface area contributed by atoms with Crippen LogP contribution in [0.1, 0.15) is 23.5 Å². The highest BCUT2D eigenvalue weighted by Gasteiger charge is 2.38. The topological polar surface area (TPSA) is 77.0 Å². The predicted molar refractivity (Wildman–Crippen MR) is 64.4 cm³/mol. The van der Waals surface area contributed by atoms with E-state index in [-0.39, 0.29) is 18.8 Å². The Morgan fingerprint density at radius 2 is 2.32 bits per heavy atom. The van der Waals surface area contributed by atoms with Crippen molar-refractivity contribution in [3.05, 3.63) is 23.3 Å². The van der Waals surface area contributed by atoms with E-state index in [1.54, 1.807) is 6.07 Å². The molecule has 102 valence electrons. The van der Waals surface area contributed by atoms with Crippen LogP contribution in [0.2, 0.25) is 0 Å². The molecule has 1 aromatic rings. The molecule has 0 amide bonds. The molecule has 2 aliphatic rings. The fourth-order valence-corrected chi connectivity index (χ4v) is 2.84. The first-order chi connectivity index (χ1) is 9.26. The van der Waals surface area contributed by atoms with Crippen molar-refractivity contribution in [1.82, 2.24) is 5.48 Å². The summed E-state index contributed by atoms with van der Waals surface area (Å²) in [6.45, 7) is 0.205. The second kappa shape index (κ2) is 4.71. The molecule has 1 aliphatic heterocycles. The lowest BCUT2D eigenvalue weighted by Crippen LogP contribution is -2.40. The van der Waals surface area contributed by atoms with E-state index in [0.29, 0.717) is 24.3 Å². The molecule has 2 N–H and O–H groups in total. The number of hydrogen-bond donors (Lipinski definition) is 2. The quantitative estimate of drug-likeness (QED) is 0.613. The number of carbonyl (C=O) groups is 1. The third-order valence-electron chi connectivity index (χ3n) is 3.74. The second-order valence-electron chi connectivity index (χ2n) is 4.64. The van der Waals surface area contributed by atoms with Crippen LogP contribution < -0.4 is 15.0 Å². The number of benzene rings is 1. The molecule has 2 atom stereocenters. The lowest BCUT2D eigenvalue weighted by atomic mass is 9.79. The first kappa shape index (κ1) is 12.3. The number of ether oxygens (including phenoxy) is 3. The van der Waals surface area contributed by atoms with Crippen molar-refractivity contribution >= 4 is 5.97 Å². The number of fused-ring (bicyclic) bond motifs is 3. The molecule has 1 heterocycles. The molecule has 0 aromatic heterocycles. The molecule has 0 saturated carbocycles. The van der Waals surface area contributed by atoms with Crippen molar-refractivity contribution in [1.29, 1.82) is 0 Å². The highest BCUT2D eigenvalue weighted by atomic mass is 16.7. The van der Waals surface area contributed by atoms with Gasteiger partial charge < -0.3 is 19.4 Å². The fourth-order valence-electron chi connectivity index (χ4n) is 2.84. The molecular weight excluding hydrogens is 250 g/mol. The van der Waals surface area contributed by atoms with Crippen LogP contribution in [0.4, 0.5) is 0 Å². The maximum Gasteiger partial charge on any atom is 0.314 e. The Bertz CT molecular complexity index is 516. The van der Waals surface area contributed by atoms with Crippen LogP contribution >= 0.6 is 0 Å². The van der Waals surface area contributed by atoms with Gasteiger partial charge in [0.05, 0.1) is 13.0 Å². The molecule has 0 fully saturated rings. The first-order valence-electron chi connectivity index (χ1n) is 6.15. The number of esters is 1. The van der Waals surface area contributed by atoms with Gasteiger partial charge >= 0.3 is 5.97 Å². The minimum absolute atomic E-state index is 0.205. The third-order valence-corrected chi connectivity index (χ3v) is 3.74. The van der Waals surface area contributed by atoms with Crippen molar-refractivity contribution in [2.75, 3.05) is 13.9 Å². The van der Waals surface area contributed by atoms with Gasteiger partial charge in [0.25, 0.3) is 0 Å². The van der Waals surface area contributed by atoms with Gasteiger partial charge in [-0.1, -0.05) is 6.07 Å². The van der Waals surface area contributed by atoms with Gasteiger partial charge in [-0.3, -0.25) is 4.79 Å². The predicted octanol–water partition coefficient (Wildman–Crippen LogP) is 0.965. The van der Waals surface area contributed by atoms with Gasteiger partial charge in [-0.05, 0) is 24.5 Å². The average Bonchev–Trinajstić information content (AvgIpc) is 2.93. The molecule has 0 saturated heterocycles. The van der Waals surface area contributed by atoms with Crippen molar-refractivity contribution < 1.29 is 24.2 Å². The van der Waals surface area contributed by atoms with Crippen molar-refractivity contribution in [2.24, 2.45) is 0 Å². The summed E-state index contributed by atoms with van der Waals surface area (Å²) in [5.74, 6) is 0.514. The van der Waals surface area contributed by atoms with Gasteiger partial charge in [0.2, 0.25) is 6.79 Å². The number of rotatable bonds is 2. The van der Waals surface area contributed by atoms with Crippen LogP contribution in [-0.2, 0) is 16.0 Å². The summed E-state index contributed by atoms with van der Waals surface area (Å²) in [7, 11) is 1.35. The normalized spacial score (nSPS) is 23.9. The maximum atomic E-state index is 12.0. The summed E-state index contributed by atoms with van der Waals surface area (Å²) < 4.78 is 15.6. The van der Waals surface area contributed by atoms with E-state index >= 15 is 0 Å². The van der Waals surface area contributed by atoms with Crippen molar-refractivity contribution in [3.63, 3.8) is 0 Å². The van der Waals surface area contributed by atoms with E-state index in [1.807, 2.05) is 6.07 Å². The van der Waals surface area contributed by atoms with E-state index in [0.717, 1.165) is 11.1 Å². The number of methoxy groups -OCH3 is 1. The smallest absolute Gasteiger partial charge is 0.314 e. The second-order valence-corrected chi connectivity index (χ2v) is 4.64. The maximum absolute atomic E-state index is 12.0. The van der Waals surface area contributed by atoms with Crippen molar-refractivity contribution in [2.45, 2.75) is 24.8 Å². The molecular formula is C13H15NO5. The van der Waals surface area contributed by atoms with E-state index in [4.69, 9.17) is 14.2 Å². The van der Waals surface area contributed by atoms with Gasteiger partial charge in [-0.15, -0.1) is 0 Å². The van der Waals surface area contributed by atoms with Crippen LogP contribution in [0.3, 0.4) is 0 Å². The third kappa shape index (κ3) is 1.84. The monoisotopic (exact) mass is 265 g/mol. The average molecular weight is 265 g/mol. The van der Waals surface area contributed by atoms with Crippen LogP contribution in [0.15, 0.2) is 12.1 Å². The van der Waals surface area contributed by atoms with Gasteiger partial charge in [0.15, 0.2) is 11.5 Å². The van der Waals surface area contributed by atoms with Crippen LogP contribution in [0.5, 0.6) is 11.5 Å². The first-order valence-corrected chi connectivity index (χ1v) is 6.15. The van der Waals surface area contributed by atoms with Crippen molar-refractivity contribution in [3.8, 4) is 11.5 Å². The zero-order valence-electron chi connectivity index (χ0n) is 10.5. The number of nitrogens with one attached hydrogen (secondary N) is 1. The lowest BCUT2D eigenvalue weighted by molar-refractivity contribution is -0.144. The fraction of sp³-hybridized carbons (Fsp3) is 0.462. The van der Waals surface area contributed by atoms with Gasteiger partial charge in [-0.2, -0.15) is 0 Å². The zero-order chi connectivity index (χ0) is 13.4. The van der Waals surface area contributed by atoms with E-state index in [1.165, 1.54) is 7.11 Å². The molecule has 0 spiro atoms. The Balaban J connectivity index is 2.08. The minimum atomic E-state index is -0.534. The van der Waals surface area contributed by atoms with Crippen LogP contribution in [0, 0.1) is 0 Å². The summed E-state index contributed by atoms with van der Waals surface area (Å²) in [6.07, 6.45) is 1.34. The molecule has 0 bridgehead atoms. The lowest BCUT2D eigenvalue weighted by Gasteiger charge is -2.31. The van der Waals surface area contributed by atoms with Crippen LogP contribution in [-0.4, -0.2) is 31.1 Å². The van der Waals surface area contributed by atoms with E-state index in [2.05, 4.69) is 5.48 Å². The minimum Gasteiger partial charge on any atom is -0.469 e. The van der Waals surface area contributed by atoms with E-state index in [9.17, 15) is 10.0 Å². The molecule has 1 aromatic carbocycles. The molecule has 1 aliphatic carbocycles. The number of hydroxylamine groups is 1. The Morgan fingerprint density at radius 3 is 3.05 bits per heavy atom. The zero-order valence-corrected chi connectivity index (χ0v) is 10.5. The largest absolute Gasteiger partial charge is 0.469 e. The Labute approximate surface area is 110 Å². The highest BCUT2D eigenvalue weighted by molar-refractivity contribution is 5.81. The SMILES string of the molecule is COC(=O)C1c2ccc3c(c2CCC1NO)OCO3. The number of carbonyl (C=O) groups excluding carboxylic acids is 1. The molecule has 6 heteroatoms. The molecule has 3 rings (SSSR count). The molecule has 2 unspecified atom stereocenters. The number of hydrogen-bond acceptors (Lipinski definition) is 6. The molecule has 6 nitrogen and oxygen atoms in total. The Hall–Kier alpha value is -1.79. The van der Waals surface area contributed by atoms with E-state index < -0.39 is 5.92 Å². The Morgan fingerprint density at radius 1 is 1.47 bits per heavy atom. The standard InChI is InChI=1S/C13H15NO5/c1-17-13(15)11-7-3-5-10-12(19-6-18-10)8(7)2-4-9(11)14-16/h3,5,9,11,14,16H,2,4,6H2,1H3. The summed E-state index contributed by atoms with van der Waals surface area (Å²) in [5, 5.41) is 9.21. The van der Waals surface area contributed by atoms with Crippen LogP contribution in [0.25, 0.3) is 0 Å². The summed E-state index contributed by atoms with van der Waals surface area (Å²) >= 11 is 0. The Kier molecular flexibility index (Phi) is 3.04. The molecule has 19 heavy (non-hydrogen) atoms. The molecule has 0 radical (unpaired) electrons. The summed E-state index contributed by atoms with van der Waals surface area (Å²) in [4.78, 5) is 12.0. The van der Waals surface area contributed by atoms with Gasteiger partial charge in [0.1, 0.15) is 0 Å². The highest BCUT2D eigenvalue weighted by Crippen LogP contribution is 2.44. The summed E-state index contributed by atoms with van der Waals surface area (Å²) in [6, 6.07) is 3.28. The summed E-state index contributed by atoms with van der Waals surface area (Å²) in [5.41, 5.74) is 4.00.